The molecule has 1 aliphatic rings. The van der Waals surface area contributed by atoms with Gasteiger partial charge >= 0.3 is 0 Å². The number of nitrogens with zero attached hydrogens (tertiary/aromatic N) is 1. The molecule has 0 spiro atoms. The van der Waals surface area contributed by atoms with Crippen LogP contribution in [0.25, 0.3) is 0 Å². The van der Waals surface area contributed by atoms with E-state index in [2.05, 4.69) is 19.2 Å². The summed E-state index contributed by atoms with van der Waals surface area (Å²) in [6.45, 7) is 5.39. The molecular weight excluding hydrogens is 360 g/mol. The summed E-state index contributed by atoms with van der Waals surface area (Å²) in [7, 11) is -3.53. The molecule has 0 aromatic heterocycles. The predicted octanol–water partition coefficient (Wildman–Crippen LogP) is 4.24. The lowest BCUT2D eigenvalue weighted by atomic mass is 9.98. The van der Waals surface area contributed by atoms with Crippen LogP contribution >= 0.6 is 0 Å². The van der Waals surface area contributed by atoms with E-state index in [9.17, 15) is 13.2 Å². The number of hydrogen-bond acceptors (Lipinski definition) is 3. The Kier molecular flexibility index (Phi) is 5.97. The number of sulfonamides is 1. The van der Waals surface area contributed by atoms with Crippen LogP contribution in [0.3, 0.4) is 0 Å². The van der Waals surface area contributed by atoms with Gasteiger partial charge in [-0.05, 0) is 61.1 Å². The van der Waals surface area contributed by atoms with Gasteiger partial charge in [-0.3, -0.25) is 4.79 Å². The van der Waals surface area contributed by atoms with Crippen molar-refractivity contribution in [3.63, 3.8) is 0 Å². The first-order chi connectivity index (χ1) is 12.9. The molecule has 0 saturated carbocycles. The van der Waals surface area contributed by atoms with Crippen molar-refractivity contribution < 1.29 is 13.2 Å². The fourth-order valence-electron chi connectivity index (χ4n) is 3.21. The van der Waals surface area contributed by atoms with E-state index in [0.717, 1.165) is 19.3 Å². The molecule has 1 saturated heterocycles. The van der Waals surface area contributed by atoms with Crippen molar-refractivity contribution >= 4 is 21.6 Å². The van der Waals surface area contributed by atoms with Crippen LogP contribution in [0.2, 0.25) is 0 Å². The van der Waals surface area contributed by atoms with Crippen LogP contribution in [-0.2, 0) is 10.0 Å². The van der Waals surface area contributed by atoms with Crippen LogP contribution in [0.5, 0.6) is 0 Å². The van der Waals surface area contributed by atoms with E-state index in [1.54, 1.807) is 18.2 Å². The van der Waals surface area contributed by atoms with E-state index in [1.165, 1.54) is 15.9 Å². The Labute approximate surface area is 161 Å². The second-order valence-electron chi connectivity index (χ2n) is 7.02. The first kappa shape index (κ1) is 19.6. The zero-order chi connectivity index (χ0) is 19.4. The Bertz CT molecular complexity index is 901. The summed E-state index contributed by atoms with van der Waals surface area (Å²) in [6.07, 6.45) is 2.82. The van der Waals surface area contributed by atoms with Crippen LogP contribution in [0.4, 0.5) is 5.69 Å². The van der Waals surface area contributed by atoms with Crippen molar-refractivity contribution in [1.29, 1.82) is 0 Å². The standard InChI is InChI=1S/C21H26N2O3S/c1-3-16(2)17-9-11-19(12-10-17)22-21(24)18-7-6-8-20(15-18)27(25,26)23-13-4-5-14-23/h6-12,15-16H,3-5,13-14H2,1-2H3,(H,22,24). The number of carbonyl (C=O) groups is 1. The summed E-state index contributed by atoms with van der Waals surface area (Å²) >= 11 is 0. The predicted molar refractivity (Wildman–Crippen MR) is 108 cm³/mol. The minimum Gasteiger partial charge on any atom is -0.322 e. The highest BCUT2D eigenvalue weighted by molar-refractivity contribution is 7.89. The maximum atomic E-state index is 12.7. The largest absolute Gasteiger partial charge is 0.322 e. The van der Waals surface area contributed by atoms with E-state index in [0.29, 0.717) is 30.3 Å². The second kappa shape index (κ2) is 8.23. The van der Waals surface area contributed by atoms with Gasteiger partial charge in [-0.25, -0.2) is 8.42 Å². The number of benzene rings is 2. The highest BCUT2D eigenvalue weighted by atomic mass is 32.2. The highest BCUT2D eigenvalue weighted by Crippen LogP contribution is 2.23. The lowest BCUT2D eigenvalue weighted by Crippen LogP contribution is -2.28. The monoisotopic (exact) mass is 386 g/mol. The molecule has 3 rings (SSSR count). The number of amides is 1. The summed E-state index contributed by atoms with van der Waals surface area (Å²) in [5.41, 5.74) is 2.26. The molecule has 1 amide bonds. The molecule has 1 atom stereocenters. The average Bonchev–Trinajstić information content (AvgIpc) is 3.24. The number of anilines is 1. The summed E-state index contributed by atoms with van der Waals surface area (Å²) in [6, 6.07) is 14.0. The van der Waals surface area contributed by atoms with Gasteiger partial charge in [0, 0.05) is 24.3 Å². The highest BCUT2D eigenvalue weighted by Gasteiger charge is 2.27. The molecule has 1 N–H and O–H groups in total. The fraction of sp³-hybridized carbons (Fsp3) is 0.381. The summed E-state index contributed by atoms with van der Waals surface area (Å²) in [5, 5.41) is 2.84. The number of nitrogens with one attached hydrogen (secondary N) is 1. The maximum Gasteiger partial charge on any atom is 0.255 e. The Hall–Kier alpha value is -2.18. The van der Waals surface area contributed by atoms with E-state index < -0.39 is 10.0 Å². The van der Waals surface area contributed by atoms with Gasteiger partial charge in [0.05, 0.1) is 4.90 Å². The quantitative estimate of drug-likeness (QED) is 0.808. The van der Waals surface area contributed by atoms with E-state index in [1.807, 2.05) is 24.3 Å². The van der Waals surface area contributed by atoms with Crippen molar-refractivity contribution in [2.24, 2.45) is 0 Å². The summed E-state index contributed by atoms with van der Waals surface area (Å²) in [5.74, 6) is 0.159. The Morgan fingerprint density at radius 1 is 1.11 bits per heavy atom. The fourth-order valence-corrected chi connectivity index (χ4v) is 4.77. The third kappa shape index (κ3) is 4.39. The minimum atomic E-state index is -3.53. The smallest absolute Gasteiger partial charge is 0.255 e. The molecule has 5 nitrogen and oxygen atoms in total. The van der Waals surface area contributed by atoms with Gasteiger partial charge in [0.2, 0.25) is 10.0 Å². The first-order valence-electron chi connectivity index (χ1n) is 9.43. The Morgan fingerprint density at radius 3 is 2.41 bits per heavy atom. The van der Waals surface area contributed by atoms with Crippen LogP contribution in [0, 0.1) is 0 Å². The molecule has 27 heavy (non-hydrogen) atoms. The van der Waals surface area contributed by atoms with Gasteiger partial charge in [0.1, 0.15) is 0 Å². The third-order valence-corrected chi connectivity index (χ3v) is 7.04. The molecule has 1 fully saturated rings. The molecule has 0 bridgehead atoms. The minimum absolute atomic E-state index is 0.171. The molecule has 144 valence electrons. The van der Waals surface area contributed by atoms with Gasteiger partial charge in [0.15, 0.2) is 0 Å². The topological polar surface area (TPSA) is 66.5 Å². The number of hydrogen-bond donors (Lipinski definition) is 1. The molecule has 2 aromatic rings. The normalized spacial score (nSPS) is 16.2. The van der Waals surface area contributed by atoms with Crippen molar-refractivity contribution in [2.45, 2.75) is 43.9 Å². The first-order valence-corrected chi connectivity index (χ1v) is 10.9. The van der Waals surface area contributed by atoms with Crippen molar-refractivity contribution in [3.8, 4) is 0 Å². The third-order valence-electron chi connectivity index (χ3n) is 5.15. The molecule has 2 aromatic carbocycles. The maximum absolute atomic E-state index is 12.7. The van der Waals surface area contributed by atoms with Gasteiger partial charge in [-0.2, -0.15) is 4.31 Å². The molecular formula is C21H26N2O3S. The molecule has 6 heteroatoms. The lowest BCUT2D eigenvalue weighted by Gasteiger charge is -2.16. The summed E-state index contributed by atoms with van der Waals surface area (Å²) < 4.78 is 26.9. The molecule has 1 heterocycles. The van der Waals surface area contributed by atoms with Crippen LogP contribution in [0.1, 0.15) is 54.9 Å². The van der Waals surface area contributed by atoms with Gasteiger partial charge in [-0.1, -0.05) is 32.0 Å². The summed E-state index contributed by atoms with van der Waals surface area (Å²) in [4.78, 5) is 12.7. The number of rotatable bonds is 6. The van der Waals surface area contributed by atoms with Crippen LogP contribution < -0.4 is 5.32 Å². The molecule has 0 aliphatic carbocycles. The van der Waals surface area contributed by atoms with Gasteiger partial charge < -0.3 is 5.32 Å². The van der Waals surface area contributed by atoms with E-state index >= 15 is 0 Å². The lowest BCUT2D eigenvalue weighted by molar-refractivity contribution is 0.102. The van der Waals surface area contributed by atoms with Crippen molar-refractivity contribution in [1.82, 2.24) is 4.31 Å². The zero-order valence-corrected chi connectivity index (χ0v) is 16.6. The van der Waals surface area contributed by atoms with Crippen molar-refractivity contribution in [3.05, 3.63) is 59.7 Å². The van der Waals surface area contributed by atoms with E-state index in [-0.39, 0.29) is 10.8 Å². The van der Waals surface area contributed by atoms with Crippen LogP contribution in [-0.4, -0.2) is 31.7 Å². The molecule has 0 radical (unpaired) electrons. The number of carbonyl (C=O) groups excluding carboxylic acids is 1. The Morgan fingerprint density at radius 2 is 1.78 bits per heavy atom. The Balaban J connectivity index is 1.75. The zero-order valence-electron chi connectivity index (χ0n) is 15.8. The van der Waals surface area contributed by atoms with E-state index in [4.69, 9.17) is 0 Å². The van der Waals surface area contributed by atoms with Gasteiger partial charge in [0.25, 0.3) is 5.91 Å². The molecule has 1 aliphatic heterocycles. The SMILES string of the molecule is CCC(C)c1ccc(NC(=O)c2cccc(S(=O)(=O)N3CCCC3)c2)cc1. The van der Waals surface area contributed by atoms with Crippen molar-refractivity contribution in [2.75, 3.05) is 18.4 Å². The second-order valence-corrected chi connectivity index (χ2v) is 8.96. The molecule has 1 unspecified atom stereocenters. The van der Waals surface area contributed by atoms with Crippen LogP contribution in [0.15, 0.2) is 53.4 Å². The van der Waals surface area contributed by atoms with Gasteiger partial charge in [-0.15, -0.1) is 0 Å². The average molecular weight is 387 g/mol.